The molecule has 0 saturated heterocycles. The lowest BCUT2D eigenvalue weighted by Gasteiger charge is -2.12. The highest BCUT2D eigenvalue weighted by Gasteiger charge is 2.10. The third-order valence-electron chi connectivity index (χ3n) is 3.17. The van der Waals surface area contributed by atoms with Crippen LogP contribution in [0, 0.1) is 24.0 Å². The van der Waals surface area contributed by atoms with Gasteiger partial charge in [0.15, 0.2) is 0 Å². The fourth-order valence-corrected chi connectivity index (χ4v) is 2.20. The maximum Gasteiger partial charge on any atom is 0.273 e. The lowest BCUT2D eigenvalue weighted by Crippen LogP contribution is -2.00. The second-order valence-corrected chi connectivity index (χ2v) is 5.00. The number of rotatable bonds is 5. The van der Waals surface area contributed by atoms with E-state index in [-0.39, 0.29) is 10.6 Å². The minimum Gasteiger partial charge on any atom is -0.385 e. The molecule has 110 valence electrons. The third-order valence-corrected chi connectivity index (χ3v) is 3.17. The molecule has 2 rings (SSSR count). The summed E-state index contributed by atoms with van der Waals surface area (Å²) in [6, 6.07) is 11.0. The molecule has 0 aromatic heterocycles. The first-order valence-electron chi connectivity index (χ1n) is 6.87. The van der Waals surface area contributed by atoms with E-state index in [0.717, 1.165) is 16.9 Å². The molecule has 0 atom stereocenters. The summed E-state index contributed by atoms with van der Waals surface area (Å²) >= 11 is 0. The summed E-state index contributed by atoms with van der Waals surface area (Å²) in [5.41, 5.74) is 4.74. The van der Waals surface area contributed by atoms with Crippen molar-refractivity contribution in [2.45, 2.75) is 20.8 Å². The molecule has 0 amide bonds. The van der Waals surface area contributed by atoms with Gasteiger partial charge in [0.25, 0.3) is 5.69 Å². The van der Waals surface area contributed by atoms with Crippen LogP contribution in [0.2, 0.25) is 0 Å². The third kappa shape index (κ3) is 3.72. The Kier molecular flexibility index (Phi) is 4.42. The summed E-state index contributed by atoms with van der Waals surface area (Å²) in [6.45, 7) is 6.71. The van der Waals surface area contributed by atoms with Crippen LogP contribution in [0.1, 0.15) is 18.1 Å². The normalized spacial score (nSPS) is 10.2. The number of nitro groups is 1. The number of benzene rings is 2. The highest BCUT2D eigenvalue weighted by atomic mass is 16.6. The molecule has 0 aliphatic carbocycles. The molecule has 2 aromatic rings. The number of anilines is 3. The van der Waals surface area contributed by atoms with E-state index in [1.807, 2.05) is 39.0 Å². The van der Waals surface area contributed by atoms with Crippen LogP contribution in [0.15, 0.2) is 36.4 Å². The Labute approximate surface area is 124 Å². The average Bonchev–Trinajstić information content (AvgIpc) is 2.42. The first kappa shape index (κ1) is 14.8. The van der Waals surface area contributed by atoms with Crippen molar-refractivity contribution >= 4 is 22.7 Å². The second-order valence-electron chi connectivity index (χ2n) is 5.00. The lowest BCUT2D eigenvalue weighted by molar-refractivity contribution is -0.384. The van der Waals surface area contributed by atoms with Gasteiger partial charge in [-0.15, -0.1) is 0 Å². The first-order valence-corrected chi connectivity index (χ1v) is 6.87. The van der Waals surface area contributed by atoms with Gasteiger partial charge < -0.3 is 10.6 Å². The highest BCUT2D eigenvalue weighted by molar-refractivity contribution is 5.70. The molecule has 5 nitrogen and oxygen atoms in total. The van der Waals surface area contributed by atoms with Crippen molar-refractivity contribution in [1.82, 2.24) is 0 Å². The van der Waals surface area contributed by atoms with Crippen molar-refractivity contribution in [3.8, 4) is 0 Å². The fraction of sp³-hybridized carbons (Fsp3) is 0.250. The Bertz CT molecular complexity index is 669. The van der Waals surface area contributed by atoms with Crippen molar-refractivity contribution in [2.75, 3.05) is 17.2 Å². The quantitative estimate of drug-likeness (QED) is 0.631. The van der Waals surface area contributed by atoms with Crippen LogP contribution in [0.25, 0.3) is 0 Å². The largest absolute Gasteiger partial charge is 0.385 e. The molecular formula is C16H19N3O2. The van der Waals surface area contributed by atoms with Crippen molar-refractivity contribution in [3.63, 3.8) is 0 Å². The first-order chi connectivity index (χ1) is 9.99. The van der Waals surface area contributed by atoms with Gasteiger partial charge in [0.2, 0.25) is 0 Å². The van der Waals surface area contributed by atoms with E-state index in [0.29, 0.717) is 12.2 Å². The number of aryl methyl sites for hydroxylation is 2. The van der Waals surface area contributed by atoms with Crippen LogP contribution in [-0.4, -0.2) is 11.5 Å². The molecule has 21 heavy (non-hydrogen) atoms. The SMILES string of the molecule is CCNc1cc(Nc2ccc(C)cc2C)cc([N+](=O)[O-])c1. The van der Waals surface area contributed by atoms with Crippen molar-refractivity contribution < 1.29 is 4.92 Å². The van der Waals surface area contributed by atoms with Gasteiger partial charge >= 0.3 is 0 Å². The average molecular weight is 285 g/mol. The summed E-state index contributed by atoms with van der Waals surface area (Å²) in [7, 11) is 0. The van der Waals surface area contributed by atoms with E-state index in [2.05, 4.69) is 16.7 Å². The molecule has 0 saturated carbocycles. The molecule has 0 radical (unpaired) electrons. The van der Waals surface area contributed by atoms with Gasteiger partial charge in [-0.25, -0.2) is 0 Å². The topological polar surface area (TPSA) is 67.2 Å². The Morgan fingerprint density at radius 3 is 2.43 bits per heavy atom. The number of non-ortho nitro benzene ring substituents is 1. The Balaban J connectivity index is 2.36. The molecule has 0 unspecified atom stereocenters. The van der Waals surface area contributed by atoms with Crippen LogP contribution in [-0.2, 0) is 0 Å². The maximum absolute atomic E-state index is 11.0. The zero-order chi connectivity index (χ0) is 15.4. The number of nitrogens with zero attached hydrogens (tertiary/aromatic N) is 1. The van der Waals surface area contributed by atoms with Crippen LogP contribution in [0.5, 0.6) is 0 Å². The summed E-state index contributed by atoms with van der Waals surface area (Å²) in [5, 5.41) is 17.4. The minimum atomic E-state index is -0.381. The number of nitrogens with one attached hydrogen (secondary N) is 2. The number of hydrogen-bond acceptors (Lipinski definition) is 4. The number of nitro benzene ring substituents is 1. The van der Waals surface area contributed by atoms with E-state index < -0.39 is 0 Å². The van der Waals surface area contributed by atoms with Gasteiger partial charge in [-0.3, -0.25) is 10.1 Å². The Morgan fingerprint density at radius 1 is 1.10 bits per heavy atom. The summed E-state index contributed by atoms with van der Waals surface area (Å²) in [4.78, 5) is 10.6. The molecular weight excluding hydrogens is 266 g/mol. The van der Waals surface area contributed by atoms with E-state index in [1.54, 1.807) is 6.07 Å². The van der Waals surface area contributed by atoms with Crippen molar-refractivity contribution in [1.29, 1.82) is 0 Å². The van der Waals surface area contributed by atoms with E-state index in [1.165, 1.54) is 11.6 Å². The molecule has 0 bridgehead atoms. The summed E-state index contributed by atoms with van der Waals surface area (Å²) < 4.78 is 0. The molecule has 2 aromatic carbocycles. The lowest BCUT2D eigenvalue weighted by atomic mass is 10.1. The van der Waals surface area contributed by atoms with Gasteiger partial charge in [0.05, 0.1) is 4.92 Å². The van der Waals surface area contributed by atoms with Gasteiger partial charge in [0.1, 0.15) is 0 Å². The van der Waals surface area contributed by atoms with Gasteiger partial charge in [-0.2, -0.15) is 0 Å². The molecule has 0 spiro atoms. The maximum atomic E-state index is 11.0. The number of hydrogen-bond donors (Lipinski definition) is 2. The zero-order valence-electron chi connectivity index (χ0n) is 12.4. The Hall–Kier alpha value is -2.56. The predicted octanol–water partition coefficient (Wildman–Crippen LogP) is 4.39. The van der Waals surface area contributed by atoms with E-state index >= 15 is 0 Å². The summed E-state index contributed by atoms with van der Waals surface area (Å²) in [5.74, 6) is 0. The van der Waals surface area contributed by atoms with Crippen molar-refractivity contribution in [2.24, 2.45) is 0 Å². The molecule has 0 aliphatic heterocycles. The van der Waals surface area contributed by atoms with Crippen LogP contribution < -0.4 is 10.6 Å². The predicted molar refractivity (Wildman–Crippen MR) is 86.5 cm³/mol. The molecule has 0 aliphatic rings. The van der Waals surface area contributed by atoms with Crippen LogP contribution in [0.3, 0.4) is 0 Å². The standard InChI is InChI=1S/C16H19N3O2/c1-4-17-13-8-14(10-15(9-13)19(20)21)18-16-6-5-11(2)7-12(16)3/h5-10,17-18H,4H2,1-3H3. The van der Waals surface area contributed by atoms with E-state index in [9.17, 15) is 10.1 Å². The molecule has 0 fully saturated rings. The summed E-state index contributed by atoms with van der Waals surface area (Å²) in [6.07, 6.45) is 0. The fourth-order valence-electron chi connectivity index (χ4n) is 2.20. The Morgan fingerprint density at radius 2 is 1.81 bits per heavy atom. The molecule has 0 heterocycles. The van der Waals surface area contributed by atoms with Gasteiger partial charge in [0, 0.05) is 35.7 Å². The zero-order valence-corrected chi connectivity index (χ0v) is 12.4. The van der Waals surface area contributed by atoms with E-state index in [4.69, 9.17) is 0 Å². The second kappa shape index (κ2) is 6.26. The monoisotopic (exact) mass is 285 g/mol. The van der Waals surface area contributed by atoms with Gasteiger partial charge in [-0.1, -0.05) is 17.7 Å². The smallest absolute Gasteiger partial charge is 0.273 e. The highest BCUT2D eigenvalue weighted by Crippen LogP contribution is 2.28. The molecule has 2 N–H and O–H groups in total. The van der Waals surface area contributed by atoms with Gasteiger partial charge in [-0.05, 0) is 38.5 Å². The van der Waals surface area contributed by atoms with Crippen molar-refractivity contribution in [3.05, 3.63) is 57.6 Å². The molecule has 5 heteroatoms. The van der Waals surface area contributed by atoms with Crippen LogP contribution in [0.4, 0.5) is 22.7 Å². The van der Waals surface area contributed by atoms with Crippen LogP contribution >= 0.6 is 0 Å². The minimum absolute atomic E-state index is 0.0701.